The van der Waals surface area contributed by atoms with E-state index in [1.165, 1.54) is 22.3 Å². The topological polar surface area (TPSA) is 79.4 Å². The standard InChI is InChI=1S/C20H24ClN3O3S2/c1-14-10-15(2)20(17(21)11-14)23-18(25)13-28-19-7-6-16(12-22-19)29(26,27)24-8-4-3-5-9-24/h6-7,10-12H,3-5,8-9,13H2,1-2H3,(H,23,25). The number of amides is 1. The molecule has 1 fully saturated rings. The minimum Gasteiger partial charge on any atom is -0.324 e. The number of rotatable bonds is 6. The normalized spacial score (nSPS) is 15.3. The van der Waals surface area contributed by atoms with Gasteiger partial charge in [0.15, 0.2) is 0 Å². The number of sulfonamides is 1. The molecule has 1 aliphatic rings. The van der Waals surface area contributed by atoms with Crippen LogP contribution in [0.3, 0.4) is 0 Å². The highest BCUT2D eigenvalue weighted by atomic mass is 35.5. The largest absolute Gasteiger partial charge is 0.324 e. The number of anilines is 1. The molecule has 1 aliphatic heterocycles. The van der Waals surface area contributed by atoms with Gasteiger partial charge in [-0.3, -0.25) is 4.79 Å². The summed E-state index contributed by atoms with van der Waals surface area (Å²) in [7, 11) is -3.50. The third-order valence-electron chi connectivity index (χ3n) is 4.71. The van der Waals surface area contributed by atoms with Crippen LogP contribution in [0.15, 0.2) is 40.4 Å². The summed E-state index contributed by atoms with van der Waals surface area (Å²) in [6.45, 7) is 4.95. The van der Waals surface area contributed by atoms with E-state index in [1.807, 2.05) is 19.9 Å². The maximum atomic E-state index is 12.7. The van der Waals surface area contributed by atoms with Crippen LogP contribution in [0.4, 0.5) is 5.69 Å². The lowest BCUT2D eigenvalue weighted by molar-refractivity contribution is -0.113. The van der Waals surface area contributed by atoms with E-state index in [2.05, 4.69) is 10.3 Å². The Kier molecular flexibility index (Phi) is 7.21. The molecule has 3 rings (SSSR count). The van der Waals surface area contributed by atoms with Crippen molar-refractivity contribution in [3.8, 4) is 0 Å². The summed E-state index contributed by atoms with van der Waals surface area (Å²) in [5.41, 5.74) is 2.54. The number of aromatic nitrogens is 1. The zero-order valence-electron chi connectivity index (χ0n) is 16.4. The smallest absolute Gasteiger partial charge is 0.244 e. The molecule has 0 bridgehead atoms. The van der Waals surface area contributed by atoms with Gasteiger partial charge in [-0.2, -0.15) is 4.31 Å². The van der Waals surface area contributed by atoms with Gasteiger partial charge in [0, 0.05) is 19.3 Å². The van der Waals surface area contributed by atoms with Gasteiger partial charge in [-0.15, -0.1) is 0 Å². The summed E-state index contributed by atoms with van der Waals surface area (Å²) in [4.78, 5) is 16.7. The number of hydrogen-bond donors (Lipinski definition) is 1. The predicted octanol–water partition coefficient (Wildman–Crippen LogP) is 4.26. The Balaban J connectivity index is 1.60. The summed E-state index contributed by atoms with van der Waals surface area (Å²) in [6.07, 6.45) is 4.21. The zero-order valence-corrected chi connectivity index (χ0v) is 18.8. The van der Waals surface area contributed by atoms with Crippen molar-refractivity contribution < 1.29 is 13.2 Å². The van der Waals surface area contributed by atoms with Crippen LogP contribution in [0, 0.1) is 13.8 Å². The Morgan fingerprint density at radius 1 is 1.21 bits per heavy atom. The van der Waals surface area contributed by atoms with Crippen LogP contribution >= 0.6 is 23.4 Å². The molecule has 6 nitrogen and oxygen atoms in total. The number of piperidine rings is 1. The molecule has 0 aliphatic carbocycles. The molecule has 29 heavy (non-hydrogen) atoms. The third kappa shape index (κ3) is 5.51. The summed E-state index contributed by atoms with van der Waals surface area (Å²) in [6, 6.07) is 6.95. The van der Waals surface area contributed by atoms with E-state index in [9.17, 15) is 13.2 Å². The molecule has 1 aromatic carbocycles. The quantitative estimate of drug-likeness (QED) is 0.661. The Morgan fingerprint density at radius 2 is 1.93 bits per heavy atom. The van der Waals surface area contributed by atoms with Crippen LogP contribution in [0.2, 0.25) is 5.02 Å². The first kappa shape index (κ1) is 22.1. The van der Waals surface area contributed by atoms with Crippen molar-refractivity contribution in [3.63, 3.8) is 0 Å². The molecule has 156 valence electrons. The van der Waals surface area contributed by atoms with Crippen molar-refractivity contribution in [1.82, 2.24) is 9.29 Å². The first-order valence-corrected chi connectivity index (χ1v) is 12.2. The van der Waals surface area contributed by atoms with Gasteiger partial charge < -0.3 is 5.32 Å². The summed E-state index contributed by atoms with van der Waals surface area (Å²) in [5, 5.41) is 3.93. The van der Waals surface area contributed by atoms with Crippen LogP contribution in [0.5, 0.6) is 0 Å². The summed E-state index contributed by atoms with van der Waals surface area (Å²) >= 11 is 7.47. The van der Waals surface area contributed by atoms with Crippen LogP contribution < -0.4 is 5.32 Å². The lowest BCUT2D eigenvalue weighted by Crippen LogP contribution is -2.35. The fourth-order valence-electron chi connectivity index (χ4n) is 3.25. The van der Waals surface area contributed by atoms with Crippen molar-refractivity contribution in [1.29, 1.82) is 0 Å². The SMILES string of the molecule is Cc1cc(C)c(NC(=O)CSc2ccc(S(=O)(=O)N3CCCCC3)cn2)c(Cl)c1. The maximum absolute atomic E-state index is 12.7. The van der Waals surface area contributed by atoms with Crippen LogP contribution in [-0.4, -0.2) is 42.5 Å². The number of thioether (sulfide) groups is 1. The van der Waals surface area contributed by atoms with Gasteiger partial charge in [-0.05, 0) is 56.0 Å². The number of pyridine rings is 1. The van der Waals surface area contributed by atoms with Crippen LogP contribution in [0.1, 0.15) is 30.4 Å². The lowest BCUT2D eigenvalue weighted by atomic mass is 10.1. The molecule has 0 atom stereocenters. The van der Waals surface area contributed by atoms with E-state index in [4.69, 9.17) is 11.6 Å². The molecule has 9 heteroatoms. The van der Waals surface area contributed by atoms with Gasteiger partial charge in [0.2, 0.25) is 15.9 Å². The number of hydrogen-bond acceptors (Lipinski definition) is 5. The Morgan fingerprint density at radius 3 is 2.55 bits per heavy atom. The van der Waals surface area contributed by atoms with Gasteiger partial charge in [-0.1, -0.05) is 35.9 Å². The zero-order chi connectivity index (χ0) is 21.0. The van der Waals surface area contributed by atoms with E-state index in [0.717, 1.165) is 30.4 Å². The van der Waals surface area contributed by atoms with Crippen LogP contribution in [0.25, 0.3) is 0 Å². The van der Waals surface area contributed by atoms with E-state index < -0.39 is 10.0 Å². The van der Waals surface area contributed by atoms with Crippen molar-refractivity contribution in [2.24, 2.45) is 0 Å². The second kappa shape index (κ2) is 9.47. The Labute approximate surface area is 181 Å². The van der Waals surface area contributed by atoms with Crippen LogP contribution in [-0.2, 0) is 14.8 Å². The molecule has 2 heterocycles. The summed E-state index contributed by atoms with van der Waals surface area (Å²) in [5.74, 6) is -0.0508. The van der Waals surface area contributed by atoms with E-state index in [0.29, 0.717) is 28.8 Å². The number of aryl methyl sites for hydroxylation is 2. The molecule has 1 saturated heterocycles. The molecule has 0 unspecified atom stereocenters. The molecule has 0 radical (unpaired) electrons. The summed E-state index contributed by atoms with van der Waals surface area (Å²) < 4.78 is 26.8. The number of nitrogens with one attached hydrogen (secondary N) is 1. The fraction of sp³-hybridized carbons (Fsp3) is 0.400. The maximum Gasteiger partial charge on any atom is 0.244 e. The second-order valence-electron chi connectivity index (χ2n) is 7.07. The Bertz CT molecular complexity index is 966. The molecule has 1 N–H and O–H groups in total. The fourth-order valence-corrected chi connectivity index (χ4v) is 5.72. The highest BCUT2D eigenvalue weighted by Crippen LogP contribution is 2.28. The van der Waals surface area contributed by atoms with Crippen molar-refractivity contribution in [3.05, 3.63) is 46.6 Å². The number of nitrogens with zero attached hydrogens (tertiary/aromatic N) is 2. The molecule has 2 aromatic rings. The number of carbonyl (C=O) groups is 1. The Hall–Kier alpha value is -1.61. The van der Waals surface area contributed by atoms with Gasteiger partial charge >= 0.3 is 0 Å². The van der Waals surface area contributed by atoms with Gasteiger partial charge in [-0.25, -0.2) is 13.4 Å². The van der Waals surface area contributed by atoms with E-state index in [1.54, 1.807) is 18.2 Å². The predicted molar refractivity (Wildman–Crippen MR) is 117 cm³/mol. The molecule has 1 aromatic heterocycles. The molecule has 1 amide bonds. The third-order valence-corrected chi connectivity index (χ3v) is 7.83. The van der Waals surface area contributed by atoms with Crippen molar-refractivity contribution in [2.75, 3.05) is 24.2 Å². The van der Waals surface area contributed by atoms with Gasteiger partial charge in [0.25, 0.3) is 0 Å². The van der Waals surface area contributed by atoms with Gasteiger partial charge in [0.1, 0.15) is 4.90 Å². The number of carbonyl (C=O) groups excluding carboxylic acids is 1. The second-order valence-corrected chi connectivity index (χ2v) is 10.4. The van der Waals surface area contributed by atoms with Crippen molar-refractivity contribution >= 4 is 45.0 Å². The molecular weight excluding hydrogens is 430 g/mol. The van der Waals surface area contributed by atoms with Gasteiger partial charge in [0.05, 0.1) is 21.5 Å². The average molecular weight is 454 g/mol. The number of benzene rings is 1. The molecule has 0 saturated carbocycles. The minimum atomic E-state index is -3.50. The highest BCUT2D eigenvalue weighted by molar-refractivity contribution is 7.99. The first-order valence-electron chi connectivity index (χ1n) is 9.43. The highest BCUT2D eigenvalue weighted by Gasteiger charge is 2.26. The average Bonchev–Trinajstić information content (AvgIpc) is 2.70. The minimum absolute atomic E-state index is 0.148. The van der Waals surface area contributed by atoms with E-state index >= 15 is 0 Å². The monoisotopic (exact) mass is 453 g/mol. The molecule has 0 spiro atoms. The van der Waals surface area contributed by atoms with Crippen molar-refractivity contribution in [2.45, 2.75) is 43.0 Å². The molecular formula is C20H24ClN3O3S2. The first-order chi connectivity index (χ1) is 13.8. The number of halogens is 1. The lowest BCUT2D eigenvalue weighted by Gasteiger charge is -2.25. The van der Waals surface area contributed by atoms with E-state index in [-0.39, 0.29) is 16.6 Å².